The number of nitrogens with zero attached hydrogens (tertiary/aromatic N) is 4. The average molecular weight is 1210 g/mol. The van der Waals surface area contributed by atoms with Crippen LogP contribution in [-0.4, -0.2) is 181 Å². The van der Waals surface area contributed by atoms with Crippen molar-refractivity contribution < 1.29 is 71.9 Å². The van der Waals surface area contributed by atoms with Gasteiger partial charge in [-0.25, -0.2) is 14.6 Å². The fourth-order valence-electron chi connectivity index (χ4n) is 8.53. The number of primary amides is 1. The van der Waals surface area contributed by atoms with Crippen molar-refractivity contribution in [3.05, 3.63) is 71.4 Å². The number of alkyl carbamates (subject to hydrolysis) is 1. The van der Waals surface area contributed by atoms with Crippen LogP contribution in [0.25, 0.3) is 11.0 Å². The maximum Gasteiger partial charge on any atom is 0.407 e. The van der Waals surface area contributed by atoms with Crippen LogP contribution >= 0.6 is 11.8 Å². The van der Waals surface area contributed by atoms with E-state index in [-0.39, 0.29) is 57.3 Å². The third-order valence-electron chi connectivity index (χ3n) is 13.1. The highest BCUT2D eigenvalue weighted by atomic mass is 32.2. The number of carboxylic acids is 1. The predicted molar refractivity (Wildman–Crippen MR) is 316 cm³/mol. The van der Waals surface area contributed by atoms with E-state index in [1.807, 2.05) is 30.5 Å². The number of urea groups is 1. The molecular formula is C56H81N13O15S. The van der Waals surface area contributed by atoms with Crippen molar-refractivity contribution in [3.63, 3.8) is 0 Å². The number of nitrogens with one attached hydrogen (secondary N) is 6. The summed E-state index contributed by atoms with van der Waals surface area (Å²) in [6.07, 6.45) is 4.61. The molecule has 4 atom stereocenters. The van der Waals surface area contributed by atoms with E-state index >= 15 is 0 Å². The van der Waals surface area contributed by atoms with Gasteiger partial charge in [0.15, 0.2) is 5.82 Å². The molecule has 85 heavy (non-hydrogen) atoms. The first-order valence-corrected chi connectivity index (χ1v) is 29.1. The number of aromatic nitrogens is 3. The molecule has 1 aliphatic heterocycles. The SMILES string of the molecule is CCCCCNc1nc(N)nc2ccn(Cc3ccc(COCCOCCOCCOCCNC(=O)OCc4ccc(NC(=O)[C@H](CCCNC(N)=O)NC(=O)[C@@H](NC(=O)CN5C(=O)CC(SC[C@H](N)C(=O)O)C5=O)C(C)C)cc4)cc3OC)c12. The highest BCUT2D eigenvalue weighted by molar-refractivity contribution is 8.00. The van der Waals surface area contributed by atoms with E-state index < -0.39 is 83.5 Å². The number of hydrogen-bond acceptors (Lipinski definition) is 20. The lowest BCUT2D eigenvalue weighted by molar-refractivity contribution is -0.143. The molecule has 0 saturated carbocycles. The van der Waals surface area contributed by atoms with E-state index in [0.29, 0.717) is 69.9 Å². The van der Waals surface area contributed by atoms with Crippen LogP contribution in [0.15, 0.2) is 54.7 Å². The summed E-state index contributed by atoms with van der Waals surface area (Å²) in [7, 11) is 1.65. The Morgan fingerprint density at radius 3 is 2.18 bits per heavy atom. The maximum absolute atomic E-state index is 13.6. The van der Waals surface area contributed by atoms with Crippen molar-refractivity contribution in [1.29, 1.82) is 0 Å². The van der Waals surface area contributed by atoms with Crippen LogP contribution in [0.1, 0.15) is 76.0 Å². The number of aliphatic carboxylic acids is 1. The molecule has 4 aromatic rings. The number of carbonyl (C=O) groups is 8. The summed E-state index contributed by atoms with van der Waals surface area (Å²) in [4.78, 5) is 110. The van der Waals surface area contributed by atoms with Crippen LogP contribution in [0.4, 0.5) is 27.0 Å². The van der Waals surface area contributed by atoms with Crippen molar-refractivity contribution in [3.8, 4) is 5.75 Å². The van der Waals surface area contributed by atoms with E-state index in [4.69, 9.17) is 50.7 Å². The normalized spacial score (nSPS) is 14.2. The summed E-state index contributed by atoms with van der Waals surface area (Å²) in [5.74, 6) is -3.72. The predicted octanol–water partition coefficient (Wildman–Crippen LogP) is 2.45. The van der Waals surface area contributed by atoms with Gasteiger partial charge in [-0.2, -0.15) is 4.98 Å². The minimum Gasteiger partial charge on any atom is -0.496 e. The van der Waals surface area contributed by atoms with Crippen LogP contribution < -0.4 is 53.8 Å². The molecule has 0 aliphatic carbocycles. The zero-order valence-corrected chi connectivity index (χ0v) is 49.3. The second-order valence-corrected chi connectivity index (χ2v) is 21.3. The summed E-state index contributed by atoms with van der Waals surface area (Å²) in [5.41, 5.74) is 21.3. The molecule has 1 saturated heterocycles. The van der Waals surface area contributed by atoms with Gasteiger partial charge in [0.05, 0.1) is 77.3 Å². The minimum absolute atomic E-state index is 0.0459. The van der Waals surface area contributed by atoms with E-state index in [0.717, 1.165) is 70.4 Å². The lowest BCUT2D eigenvalue weighted by Gasteiger charge is -2.26. The number of nitrogen functional groups attached to an aromatic ring is 1. The highest BCUT2D eigenvalue weighted by Gasteiger charge is 2.41. The number of ether oxygens (including phenoxy) is 6. The molecule has 5 rings (SSSR count). The number of rotatable bonds is 40. The smallest absolute Gasteiger partial charge is 0.407 e. The number of unbranched alkanes of at least 4 members (excludes halogenated alkanes) is 2. The van der Waals surface area contributed by atoms with Crippen LogP contribution in [0.3, 0.4) is 0 Å². The first-order valence-electron chi connectivity index (χ1n) is 28.1. The molecule has 2 aromatic carbocycles. The van der Waals surface area contributed by atoms with Gasteiger partial charge in [-0.1, -0.05) is 57.9 Å². The van der Waals surface area contributed by atoms with Gasteiger partial charge in [0.25, 0.3) is 0 Å². The molecule has 13 N–H and O–H groups in total. The Bertz CT molecular complexity index is 2840. The van der Waals surface area contributed by atoms with Crippen molar-refractivity contribution >= 4 is 87.9 Å². The molecule has 1 unspecified atom stereocenters. The van der Waals surface area contributed by atoms with Gasteiger partial charge >= 0.3 is 18.1 Å². The van der Waals surface area contributed by atoms with Crippen molar-refractivity contribution in [2.45, 2.75) is 102 Å². The third kappa shape index (κ3) is 23.3. The van der Waals surface area contributed by atoms with E-state index in [1.54, 1.807) is 45.2 Å². The lowest BCUT2D eigenvalue weighted by atomic mass is 10.0. The number of benzene rings is 2. The van der Waals surface area contributed by atoms with E-state index in [1.165, 1.54) is 0 Å². The molecule has 28 nitrogen and oxygen atoms in total. The number of carboxylic acid groups (broad SMARTS) is 1. The Balaban J connectivity index is 0.925. The number of anilines is 3. The quantitative estimate of drug-likeness (QED) is 0.0226. The monoisotopic (exact) mass is 1210 g/mol. The van der Waals surface area contributed by atoms with E-state index in [9.17, 15) is 38.4 Å². The Morgan fingerprint density at radius 1 is 0.812 bits per heavy atom. The molecule has 0 radical (unpaired) electrons. The molecule has 1 aliphatic rings. The van der Waals surface area contributed by atoms with Gasteiger partial charge in [-0.15, -0.1) is 11.8 Å². The zero-order valence-electron chi connectivity index (χ0n) is 48.5. The molecule has 3 heterocycles. The summed E-state index contributed by atoms with van der Waals surface area (Å²) in [6.45, 7) is 9.07. The molecule has 466 valence electrons. The minimum atomic E-state index is -1.26. The summed E-state index contributed by atoms with van der Waals surface area (Å²) in [6, 6.07) is 9.98. The summed E-state index contributed by atoms with van der Waals surface area (Å²) in [5, 5.41) is 24.5. The Hall–Kier alpha value is -7.83. The fraction of sp³-hybridized carbons (Fsp3) is 0.536. The van der Waals surface area contributed by atoms with Gasteiger partial charge in [0.2, 0.25) is 35.5 Å². The Labute approximate surface area is 497 Å². The second-order valence-electron chi connectivity index (χ2n) is 20.0. The molecule has 29 heteroatoms. The lowest BCUT2D eigenvalue weighted by Crippen LogP contribution is -2.56. The van der Waals surface area contributed by atoms with Gasteiger partial charge in [0, 0.05) is 49.3 Å². The standard InChI is InChI=1S/C56H81N13O15S/c1-5-6-7-17-60-49-48-41(65-54(58)67-49)16-20-68(48)30-38-13-10-37(28-43(38)79-4)32-83-27-26-82-25-24-81-23-22-80-21-19-62-56(78)84-33-36-11-14-39(15-12-36)63-50(72)42(9-8-18-61-55(59)77)64-51(73)47(35(2)3)66-45(70)31-69-46(71)29-44(52(69)74)85-34-40(57)53(75)76/h10-16,20,28,35,40,42,44,47H,5-9,17-19,21-27,29-34,57H2,1-4H3,(H,62,78)(H,63,72)(H,64,73)(H,66,70)(H,75,76)(H3,59,61,77)(H3,58,60,65,67)/t40-,42-,44?,47-/m0/s1. The largest absolute Gasteiger partial charge is 0.496 e. The molecule has 0 bridgehead atoms. The number of methoxy groups -OCH3 is 1. The molecule has 0 spiro atoms. The van der Waals surface area contributed by atoms with Crippen molar-refractivity contribution in [1.82, 2.24) is 40.7 Å². The van der Waals surface area contributed by atoms with E-state index in [2.05, 4.69) is 53.4 Å². The highest BCUT2D eigenvalue weighted by Crippen LogP contribution is 2.28. The Kier molecular flexibility index (Phi) is 28.9. The number of likely N-dealkylation sites (tertiary alicyclic amines) is 1. The summed E-state index contributed by atoms with van der Waals surface area (Å²) >= 11 is 0.902. The molecule has 8 amide bonds. The van der Waals surface area contributed by atoms with Crippen LogP contribution in [0.5, 0.6) is 5.75 Å². The van der Waals surface area contributed by atoms with Crippen molar-refractivity contribution in [2.24, 2.45) is 17.4 Å². The van der Waals surface area contributed by atoms with Crippen molar-refractivity contribution in [2.75, 3.05) is 102 Å². The fourth-order valence-corrected chi connectivity index (χ4v) is 9.64. The van der Waals surface area contributed by atoms with Gasteiger partial charge < -0.3 is 87.2 Å². The maximum atomic E-state index is 13.6. The molecule has 1 fully saturated rings. The van der Waals surface area contributed by atoms with Gasteiger partial charge in [0.1, 0.15) is 42.5 Å². The number of hydrogen-bond donors (Lipinski definition) is 10. The van der Waals surface area contributed by atoms with Gasteiger partial charge in [-0.05, 0) is 60.6 Å². The second kappa shape index (κ2) is 36.1. The number of carbonyl (C=O) groups excluding carboxylic acids is 7. The molecule has 2 aromatic heterocycles. The number of amides is 8. The average Bonchev–Trinajstić information content (AvgIpc) is 2.79. The number of nitrogens with two attached hydrogens (primary N) is 3. The van der Waals surface area contributed by atoms with Crippen LogP contribution in [0.2, 0.25) is 0 Å². The topological polar surface area (TPSA) is 396 Å². The first kappa shape index (κ1) is 68.0. The third-order valence-corrected chi connectivity index (χ3v) is 14.4. The number of imide groups is 1. The van der Waals surface area contributed by atoms with Crippen LogP contribution in [0, 0.1) is 5.92 Å². The number of thioether (sulfide) groups is 1. The summed E-state index contributed by atoms with van der Waals surface area (Å²) < 4.78 is 35.8. The van der Waals surface area contributed by atoms with Gasteiger partial charge in [-0.3, -0.25) is 33.7 Å². The number of fused-ring (bicyclic) bond motifs is 1. The Morgan fingerprint density at radius 2 is 1.51 bits per heavy atom. The molecular weight excluding hydrogens is 1130 g/mol. The first-order chi connectivity index (χ1) is 40.9. The van der Waals surface area contributed by atoms with Crippen LogP contribution in [-0.2, 0) is 72.2 Å². The zero-order chi connectivity index (χ0) is 61.7.